The maximum Gasteiger partial charge on any atom is 0.573 e. The van der Waals surface area contributed by atoms with Crippen molar-refractivity contribution in [3.8, 4) is 5.75 Å². The largest absolute Gasteiger partial charge is 0.573 e. The summed E-state index contributed by atoms with van der Waals surface area (Å²) in [6.45, 7) is 2.23. The van der Waals surface area contributed by atoms with Gasteiger partial charge in [-0.15, -0.1) is 13.2 Å². The van der Waals surface area contributed by atoms with Gasteiger partial charge in [0.1, 0.15) is 11.6 Å². The lowest BCUT2D eigenvalue weighted by atomic mass is 9.92. The van der Waals surface area contributed by atoms with E-state index >= 15 is 0 Å². The van der Waals surface area contributed by atoms with Crippen LogP contribution in [0, 0.1) is 0 Å². The number of rotatable bonds is 11. The fourth-order valence-electron chi connectivity index (χ4n) is 4.84. The number of aromatic nitrogens is 4. The van der Waals surface area contributed by atoms with Crippen LogP contribution in [-0.4, -0.2) is 36.8 Å². The van der Waals surface area contributed by atoms with Crippen LogP contribution in [-0.2, 0) is 20.1 Å². The summed E-state index contributed by atoms with van der Waals surface area (Å²) in [5, 5.41) is 9.94. The first-order valence-electron chi connectivity index (χ1n) is 12.9. The van der Waals surface area contributed by atoms with E-state index < -0.39 is 23.5 Å². The molecule has 0 fully saturated rings. The molecule has 0 bridgehead atoms. The molecule has 0 aliphatic heterocycles. The van der Waals surface area contributed by atoms with Crippen LogP contribution in [0.5, 0.6) is 5.75 Å². The zero-order valence-corrected chi connectivity index (χ0v) is 22.9. The van der Waals surface area contributed by atoms with Crippen LogP contribution in [0.15, 0.2) is 58.1 Å². The van der Waals surface area contributed by atoms with E-state index in [-0.39, 0.29) is 36.6 Å². The molecule has 0 aliphatic carbocycles. The van der Waals surface area contributed by atoms with Gasteiger partial charge in [0.25, 0.3) is 5.56 Å². The smallest absolute Gasteiger partial charge is 0.406 e. The van der Waals surface area contributed by atoms with Gasteiger partial charge in [-0.25, -0.2) is 9.78 Å². The van der Waals surface area contributed by atoms with E-state index in [1.54, 1.807) is 22.8 Å². The van der Waals surface area contributed by atoms with E-state index in [0.717, 1.165) is 5.56 Å². The van der Waals surface area contributed by atoms with Crippen LogP contribution >= 0.6 is 11.6 Å². The van der Waals surface area contributed by atoms with Gasteiger partial charge in [-0.1, -0.05) is 49.2 Å². The van der Waals surface area contributed by atoms with E-state index in [4.69, 9.17) is 16.6 Å². The quantitative estimate of drug-likeness (QED) is 0.247. The summed E-state index contributed by atoms with van der Waals surface area (Å²) in [6, 6.07) is 12.7. The first-order chi connectivity index (χ1) is 19.0. The molecule has 12 heteroatoms. The Labute approximate surface area is 233 Å². The van der Waals surface area contributed by atoms with Gasteiger partial charge < -0.3 is 14.4 Å². The van der Waals surface area contributed by atoms with Crippen LogP contribution in [0.25, 0.3) is 11.2 Å². The minimum atomic E-state index is -4.87. The molecule has 2 aromatic heterocycles. The van der Waals surface area contributed by atoms with Crippen LogP contribution in [0.3, 0.4) is 0 Å². The molecular weight excluding hydrogens is 549 g/mol. The van der Waals surface area contributed by atoms with E-state index in [2.05, 4.69) is 4.74 Å². The van der Waals surface area contributed by atoms with Gasteiger partial charge in [-0.3, -0.25) is 13.9 Å². The van der Waals surface area contributed by atoms with E-state index in [1.807, 2.05) is 19.1 Å². The molecule has 1 atom stereocenters. The highest BCUT2D eigenvalue weighted by atomic mass is 35.5. The second kappa shape index (κ2) is 12.3. The third-order valence-electron chi connectivity index (χ3n) is 6.67. The van der Waals surface area contributed by atoms with Gasteiger partial charge in [0, 0.05) is 37.7 Å². The predicted octanol–water partition coefficient (Wildman–Crippen LogP) is 5.20. The lowest BCUT2D eigenvalue weighted by Gasteiger charge is -2.20. The maximum absolute atomic E-state index is 13.7. The third-order valence-corrected chi connectivity index (χ3v) is 6.92. The molecule has 0 aliphatic rings. The second-order valence-electron chi connectivity index (χ2n) is 9.55. The minimum absolute atomic E-state index is 0.0542. The highest BCUT2D eigenvalue weighted by Gasteiger charge is 2.32. The Hall–Kier alpha value is -3.57. The molecule has 4 rings (SSSR count). The zero-order chi connectivity index (χ0) is 29.0. The summed E-state index contributed by atoms with van der Waals surface area (Å²) < 4.78 is 47.4. The fraction of sp³-hybridized carbons (Fsp3) is 0.393. The molecule has 8 nitrogen and oxygen atoms in total. The van der Waals surface area contributed by atoms with Gasteiger partial charge in [0.15, 0.2) is 11.2 Å². The van der Waals surface area contributed by atoms with Crippen molar-refractivity contribution in [3.05, 3.63) is 91.3 Å². The lowest BCUT2D eigenvalue weighted by Crippen LogP contribution is -2.39. The summed E-state index contributed by atoms with van der Waals surface area (Å²) in [6.07, 6.45) is -2.88. The number of aliphatic hydroxyl groups is 1. The second-order valence-corrected chi connectivity index (χ2v) is 9.98. The summed E-state index contributed by atoms with van der Waals surface area (Å²) in [5.41, 5.74) is 0.710. The number of aliphatic hydroxyl groups excluding tert-OH is 1. The van der Waals surface area contributed by atoms with E-state index in [9.17, 15) is 27.9 Å². The van der Waals surface area contributed by atoms with Crippen molar-refractivity contribution in [2.45, 2.75) is 58.0 Å². The molecule has 0 saturated carbocycles. The molecule has 40 heavy (non-hydrogen) atoms. The van der Waals surface area contributed by atoms with Crippen molar-refractivity contribution in [1.29, 1.82) is 0 Å². The van der Waals surface area contributed by atoms with Gasteiger partial charge >= 0.3 is 12.1 Å². The average Bonchev–Trinajstić information content (AvgIpc) is 3.27. The number of unbranched alkanes of at least 4 members (excludes halogenated alkanes) is 1. The Balaban J connectivity index is 1.98. The topological polar surface area (TPSA) is 91.3 Å². The summed E-state index contributed by atoms with van der Waals surface area (Å²) in [7, 11) is 1.54. The lowest BCUT2D eigenvalue weighted by molar-refractivity contribution is -0.274. The van der Waals surface area contributed by atoms with Crippen molar-refractivity contribution in [3.63, 3.8) is 0 Å². The number of nitrogens with zero attached hydrogens (tertiary/aromatic N) is 4. The molecule has 1 N–H and O–H groups in total. The zero-order valence-electron chi connectivity index (χ0n) is 22.1. The minimum Gasteiger partial charge on any atom is -0.406 e. The summed E-state index contributed by atoms with van der Waals surface area (Å²) in [4.78, 5) is 31.5. The van der Waals surface area contributed by atoms with Crippen molar-refractivity contribution in [2.24, 2.45) is 7.05 Å². The molecule has 0 radical (unpaired) electrons. The molecule has 1 unspecified atom stereocenters. The number of alkyl halides is 3. The standard InChI is InChI=1S/C28H30ClF3N4O4/c1-3-14-35-26(38)23-25(34(2)27(35)39)33-24(36(23)17-18-10-12-20(29)13-11-18)22(9-4-5-15-37)19-7-6-8-21(16-19)40-28(30,31)32/h6-8,10-13,16,22,37H,3-5,9,14-15,17H2,1-2H3. The van der Waals surface area contributed by atoms with E-state index in [1.165, 1.54) is 34.4 Å². The maximum atomic E-state index is 13.7. The number of hydrogen-bond acceptors (Lipinski definition) is 5. The first kappa shape index (κ1) is 29.4. The molecule has 2 aromatic carbocycles. The highest BCUT2D eigenvalue weighted by Crippen LogP contribution is 2.34. The molecule has 0 amide bonds. The number of benzene rings is 2. The number of aryl methyl sites for hydroxylation is 1. The number of hydrogen-bond donors (Lipinski definition) is 1. The summed E-state index contributed by atoms with van der Waals surface area (Å²) in [5.74, 6) is -0.541. The number of ether oxygens (including phenoxy) is 1. The van der Waals surface area contributed by atoms with Crippen LogP contribution in [0.1, 0.15) is 55.5 Å². The Morgan fingerprint density at radius 3 is 2.45 bits per heavy atom. The van der Waals surface area contributed by atoms with E-state index in [0.29, 0.717) is 42.1 Å². The highest BCUT2D eigenvalue weighted by molar-refractivity contribution is 6.30. The first-order valence-corrected chi connectivity index (χ1v) is 13.3. The normalized spacial score (nSPS) is 12.7. The van der Waals surface area contributed by atoms with Gasteiger partial charge in [0.2, 0.25) is 0 Å². The fourth-order valence-corrected chi connectivity index (χ4v) is 4.97. The average molecular weight is 579 g/mol. The Kier molecular flexibility index (Phi) is 9.05. The molecule has 0 spiro atoms. The van der Waals surface area contributed by atoms with Crippen molar-refractivity contribution >= 4 is 22.8 Å². The van der Waals surface area contributed by atoms with Crippen LogP contribution in [0.4, 0.5) is 13.2 Å². The molecular formula is C28H30ClF3N4O4. The van der Waals surface area contributed by atoms with Crippen molar-refractivity contribution < 1.29 is 23.0 Å². The summed E-state index contributed by atoms with van der Waals surface area (Å²) >= 11 is 6.08. The Morgan fingerprint density at radius 2 is 1.80 bits per heavy atom. The SMILES string of the molecule is CCCn1c(=O)c2c(nc(C(CCCCO)c3cccc(OC(F)(F)F)c3)n2Cc2ccc(Cl)cc2)n(C)c1=O. The number of imidazole rings is 1. The van der Waals surface area contributed by atoms with Gasteiger partial charge in [-0.2, -0.15) is 0 Å². The van der Waals surface area contributed by atoms with Crippen molar-refractivity contribution in [2.75, 3.05) is 6.61 Å². The van der Waals surface area contributed by atoms with Crippen molar-refractivity contribution in [1.82, 2.24) is 18.7 Å². The third kappa shape index (κ3) is 6.42. The Morgan fingerprint density at radius 1 is 1.07 bits per heavy atom. The number of halogens is 4. The number of fused-ring (bicyclic) bond motifs is 1. The molecule has 4 aromatic rings. The molecule has 2 heterocycles. The predicted molar refractivity (Wildman–Crippen MR) is 146 cm³/mol. The monoisotopic (exact) mass is 578 g/mol. The molecule has 214 valence electrons. The molecule has 0 saturated heterocycles. The van der Waals surface area contributed by atoms with Gasteiger partial charge in [0.05, 0.1) is 0 Å². The van der Waals surface area contributed by atoms with Gasteiger partial charge in [-0.05, 0) is 54.7 Å². The Bertz CT molecular complexity index is 1590. The van der Waals surface area contributed by atoms with Crippen LogP contribution in [0.2, 0.25) is 5.02 Å². The van der Waals surface area contributed by atoms with Crippen LogP contribution < -0.4 is 16.0 Å².